The second-order valence-corrected chi connectivity index (χ2v) is 10.9. The lowest BCUT2D eigenvalue weighted by Gasteiger charge is -2.59. The Hall–Kier alpha value is -0.590. The Morgan fingerprint density at radius 3 is 2.59 bits per heavy atom. The van der Waals surface area contributed by atoms with Crippen molar-refractivity contribution in [2.24, 2.45) is 40.4 Å². The highest BCUT2D eigenvalue weighted by Gasteiger charge is 2.54. The van der Waals surface area contributed by atoms with Crippen LogP contribution >= 0.6 is 0 Å². The van der Waals surface area contributed by atoms with Gasteiger partial charge in [-0.05, 0) is 72.5 Å². The number of Topliss-reactive ketones (excluding diaryl/α,β-unsaturated/α-hetero) is 1. The summed E-state index contributed by atoms with van der Waals surface area (Å²) < 4.78 is 0. The van der Waals surface area contributed by atoms with Crippen LogP contribution in [0.4, 0.5) is 0 Å². The third-order valence-electron chi connectivity index (χ3n) is 9.67. The SMILES string of the molecule is CCCCC(C)C(C)C1(C)CCC2C(=CCC3CC(=O)CCC32C)C1CC. The smallest absolute Gasteiger partial charge is 0.133 e. The lowest BCUT2D eigenvalue weighted by molar-refractivity contribution is -0.127. The molecule has 0 aliphatic heterocycles. The first-order valence-electron chi connectivity index (χ1n) is 12.0. The molecule has 3 rings (SSSR count). The maximum Gasteiger partial charge on any atom is 0.133 e. The third kappa shape index (κ3) is 3.58. The van der Waals surface area contributed by atoms with Crippen molar-refractivity contribution in [3.05, 3.63) is 11.6 Å². The van der Waals surface area contributed by atoms with Gasteiger partial charge in [0.05, 0.1) is 0 Å². The summed E-state index contributed by atoms with van der Waals surface area (Å²) in [5.74, 6) is 4.21. The predicted molar refractivity (Wildman–Crippen MR) is 116 cm³/mol. The molecule has 2 saturated carbocycles. The van der Waals surface area contributed by atoms with Crippen LogP contribution in [0.5, 0.6) is 0 Å². The second kappa shape index (κ2) is 8.03. The van der Waals surface area contributed by atoms with Gasteiger partial charge in [0, 0.05) is 12.8 Å². The molecule has 154 valence electrons. The number of fused-ring (bicyclic) bond motifs is 3. The average molecular weight is 373 g/mol. The van der Waals surface area contributed by atoms with E-state index in [-0.39, 0.29) is 0 Å². The number of carbonyl (C=O) groups excluding carboxylic acids is 1. The fourth-order valence-corrected chi connectivity index (χ4v) is 7.40. The van der Waals surface area contributed by atoms with Crippen molar-refractivity contribution in [2.75, 3.05) is 0 Å². The largest absolute Gasteiger partial charge is 0.300 e. The van der Waals surface area contributed by atoms with Crippen molar-refractivity contribution in [3.63, 3.8) is 0 Å². The highest BCUT2D eigenvalue weighted by atomic mass is 16.1. The number of unbranched alkanes of at least 4 members (excludes halogenated alkanes) is 1. The van der Waals surface area contributed by atoms with Gasteiger partial charge >= 0.3 is 0 Å². The molecule has 0 aromatic heterocycles. The van der Waals surface area contributed by atoms with Crippen LogP contribution in [0.1, 0.15) is 106 Å². The Morgan fingerprint density at radius 1 is 1.19 bits per heavy atom. The maximum atomic E-state index is 12.1. The van der Waals surface area contributed by atoms with Crippen molar-refractivity contribution in [1.29, 1.82) is 0 Å². The zero-order valence-corrected chi connectivity index (χ0v) is 18.9. The molecule has 2 fully saturated rings. The maximum absolute atomic E-state index is 12.1. The molecule has 0 saturated heterocycles. The topological polar surface area (TPSA) is 17.1 Å². The summed E-state index contributed by atoms with van der Waals surface area (Å²) in [6.45, 7) is 14.9. The number of rotatable bonds is 6. The van der Waals surface area contributed by atoms with Crippen LogP contribution in [0.2, 0.25) is 0 Å². The van der Waals surface area contributed by atoms with Crippen molar-refractivity contribution < 1.29 is 4.79 Å². The predicted octanol–water partition coefficient (Wildman–Crippen LogP) is 7.60. The van der Waals surface area contributed by atoms with E-state index in [9.17, 15) is 4.79 Å². The van der Waals surface area contributed by atoms with E-state index in [1.54, 1.807) is 5.57 Å². The Kier molecular flexibility index (Phi) is 6.29. The second-order valence-electron chi connectivity index (χ2n) is 10.9. The number of hydrogen-bond donors (Lipinski definition) is 0. The number of allylic oxidation sites excluding steroid dienone is 2. The molecule has 7 atom stereocenters. The first-order chi connectivity index (χ1) is 12.8. The summed E-state index contributed by atoms with van der Waals surface area (Å²) >= 11 is 0. The van der Waals surface area contributed by atoms with Crippen molar-refractivity contribution in [2.45, 2.75) is 106 Å². The van der Waals surface area contributed by atoms with Gasteiger partial charge in [0.25, 0.3) is 0 Å². The molecule has 1 heteroatoms. The lowest BCUT2D eigenvalue weighted by Crippen LogP contribution is -2.51. The van der Waals surface area contributed by atoms with Gasteiger partial charge in [0.2, 0.25) is 0 Å². The monoisotopic (exact) mass is 372 g/mol. The van der Waals surface area contributed by atoms with Crippen molar-refractivity contribution in [1.82, 2.24) is 0 Å². The van der Waals surface area contributed by atoms with E-state index in [0.29, 0.717) is 22.5 Å². The number of carbonyl (C=O) groups is 1. The van der Waals surface area contributed by atoms with Gasteiger partial charge in [-0.1, -0.05) is 72.5 Å². The standard InChI is InChI=1S/C26H44O/c1-7-9-10-18(3)19(4)25(5)16-14-24-22(23(25)8-2)12-11-20-17-21(27)13-15-26(20,24)6/h12,18-20,23-24H,7-11,13-17H2,1-6H3. The molecular formula is C26H44O. The molecule has 7 unspecified atom stereocenters. The fraction of sp³-hybridized carbons (Fsp3) is 0.885. The minimum absolute atomic E-state index is 0.379. The first-order valence-corrected chi connectivity index (χ1v) is 12.0. The Morgan fingerprint density at radius 2 is 1.93 bits per heavy atom. The molecule has 0 heterocycles. The van der Waals surface area contributed by atoms with E-state index in [1.165, 1.54) is 38.5 Å². The lowest BCUT2D eigenvalue weighted by atomic mass is 9.46. The summed E-state index contributed by atoms with van der Waals surface area (Å²) in [6.07, 6.45) is 14.7. The molecule has 1 nitrogen and oxygen atoms in total. The molecule has 0 amide bonds. The minimum Gasteiger partial charge on any atom is -0.300 e. The Balaban J connectivity index is 1.86. The van der Waals surface area contributed by atoms with Crippen LogP contribution in [-0.2, 0) is 4.79 Å². The Bertz CT molecular complexity index is 575. The molecule has 0 bridgehead atoms. The zero-order valence-electron chi connectivity index (χ0n) is 18.9. The van der Waals surface area contributed by atoms with Crippen molar-refractivity contribution in [3.8, 4) is 0 Å². The van der Waals surface area contributed by atoms with Crippen LogP contribution in [-0.4, -0.2) is 5.78 Å². The van der Waals surface area contributed by atoms with Gasteiger partial charge < -0.3 is 0 Å². The van der Waals surface area contributed by atoms with Crippen LogP contribution in [0.25, 0.3) is 0 Å². The van der Waals surface area contributed by atoms with Gasteiger partial charge in [-0.2, -0.15) is 0 Å². The molecule has 0 radical (unpaired) electrons. The van der Waals surface area contributed by atoms with Crippen LogP contribution in [0.3, 0.4) is 0 Å². The van der Waals surface area contributed by atoms with Crippen molar-refractivity contribution >= 4 is 5.78 Å². The summed E-state index contributed by atoms with van der Waals surface area (Å²) in [4.78, 5) is 12.1. The zero-order chi connectivity index (χ0) is 19.8. The highest BCUT2D eigenvalue weighted by Crippen LogP contribution is 2.63. The normalized spacial score (nSPS) is 41.3. The molecule has 0 aromatic rings. The van der Waals surface area contributed by atoms with Crippen LogP contribution in [0, 0.1) is 40.4 Å². The van der Waals surface area contributed by atoms with Gasteiger partial charge in [-0.25, -0.2) is 0 Å². The van der Waals surface area contributed by atoms with E-state index in [1.807, 2.05) is 0 Å². The summed E-state index contributed by atoms with van der Waals surface area (Å²) in [6, 6.07) is 0. The van der Waals surface area contributed by atoms with Crippen LogP contribution in [0.15, 0.2) is 11.6 Å². The van der Waals surface area contributed by atoms with Gasteiger partial charge in [-0.15, -0.1) is 0 Å². The van der Waals surface area contributed by atoms with Gasteiger partial charge in [-0.3, -0.25) is 4.79 Å². The minimum atomic E-state index is 0.379. The molecule has 0 N–H and O–H groups in total. The van der Waals surface area contributed by atoms with E-state index < -0.39 is 0 Å². The molecule has 3 aliphatic carbocycles. The Labute approximate surface area is 168 Å². The van der Waals surface area contributed by atoms with Crippen LogP contribution < -0.4 is 0 Å². The highest BCUT2D eigenvalue weighted by molar-refractivity contribution is 5.79. The molecule has 0 spiro atoms. The summed E-state index contributed by atoms with van der Waals surface area (Å²) in [7, 11) is 0. The molecular weight excluding hydrogens is 328 g/mol. The average Bonchev–Trinajstić information content (AvgIpc) is 2.65. The number of hydrogen-bond acceptors (Lipinski definition) is 1. The van der Waals surface area contributed by atoms with Gasteiger partial charge in [0.15, 0.2) is 0 Å². The molecule has 0 aromatic carbocycles. The van der Waals surface area contributed by atoms with E-state index in [0.717, 1.165) is 49.4 Å². The first kappa shape index (κ1) is 21.1. The number of ketones is 1. The fourth-order valence-electron chi connectivity index (χ4n) is 7.40. The quantitative estimate of drug-likeness (QED) is 0.439. The molecule has 3 aliphatic rings. The van der Waals surface area contributed by atoms with Gasteiger partial charge in [0.1, 0.15) is 5.78 Å². The summed E-state index contributed by atoms with van der Waals surface area (Å²) in [5.41, 5.74) is 2.62. The van der Waals surface area contributed by atoms with E-state index in [2.05, 4.69) is 47.6 Å². The third-order valence-corrected chi connectivity index (χ3v) is 9.67. The summed E-state index contributed by atoms with van der Waals surface area (Å²) in [5, 5.41) is 0. The van der Waals surface area contributed by atoms with E-state index in [4.69, 9.17) is 0 Å². The molecule has 27 heavy (non-hydrogen) atoms. The van der Waals surface area contributed by atoms with E-state index >= 15 is 0 Å².